The molecule has 3 rings (SSSR count). The van der Waals surface area contributed by atoms with Crippen molar-refractivity contribution in [3.63, 3.8) is 0 Å². The molecular formula is C19H23F4N5O2S. The van der Waals surface area contributed by atoms with Gasteiger partial charge in [-0.2, -0.15) is 22.7 Å². The Labute approximate surface area is 180 Å². The third-order valence-electron chi connectivity index (χ3n) is 5.54. The highest BCUT2D eigenvalue weighted by molar-refractivity contribution is 7.92. The molecule has 0 bridgehead atoms. The van der Waals surface area contributed by atoms with Crippen molar-refractivity contribution in [3.05, 3.63) is 36.0 Å². The van der Waals surface area contributed by atoms with Gasteiger partial charge in [0.1, 0.15) is 4.75 Å². The van der Waals surface area contributed by atoms with Gasteiger partial charge in [-0.1, -0.05) is 0 Å². The van der Waals surface area contributed by atoms with E-state index < -0.39 is 33.7 Å². The van der Waals surface area contributed by atoms with E-state index in [1.807, 2.05) is 0 Å². The number of anilines is 1. The molecule has 0 saturated carbocycles. The molecule has 0 aliphatic carbocycles. The second-order valence-corrected chi connectivity index (χ2v) is 9.93. The Morgan fingerprint density at radius 2 is 1.90 bits per heavy atom. The normalized spacial score (nSPS) is 17.0. The fourth-order valence-electron chi connectivity index (χ4n) is 3.61. The lowest BCUT2D eigenvalue weighted by atomic mass is 9.86. The summed E-state index contributed by atoms with van der Waals surface area (Å²) in [7, 11) is 1.34. The molecule has 1 aliphatic rings. The number of hydrogen-bond donors (Lipinski definition) is 1. The smallest absolute Gasteiger partial charge is 0.435 e. The van der Waals surface area contributed by atoms with Crippen molar-refractivity contribution in [3.8, 4) is 0 Å². The summed E-state index contributed by atoms with van der Waals surface area (Å²) in [5, 5.41) is 6.11. The van der Waals surface area contributed by atoms with Crippen molar-refractivity contribution in [1.29, 1.82) is 0 Å². The summed E-state index contributed by atoms with van der Waals surface area (Å²) in [5.41, 5.74) is -0.706. The van der Waals surface area contributed by atoms with Crippen LogP contribution >= 0.6 is 0 Å². The number of amides is 2. The van der Waals surface area contributed by atoms with Crippen LogP contribution in [0.4, 0.5) is 28.0 Å². The zero-order valence-electron chi connectivity index (χ0n) is 17.2. The molecular weight excluding hydrogens is 438 g/mol. The van der Waals surface area contributed by atoms with E-state index in [-0.39, 0.29) is 17.0 Å². The van der Waals surface area contributed by atoms with Crippen LogP contribution in [0.3, 0.4) is 0 Å². The monoisotopic (exact) mass is 461 g/mol. The van der Waals surface area contributed by atoms with Crippen LogP contribution < -0.4 is 5.32 Å². The maximum absolute atomic E-state index is 13.2. The van der Waals surface area contributed by atoms with Crippen molar-refractivity contribution in [1.82, 2.24) is 19.7 Å². The van der Waals surface area contributed by atoms with E-state index >= 15 is 0 Å². The van der Waals surface area contributed by atoms with Crippen LogP contribution in [0, 0.1) is 11.9 Å². The lowest BCUT2D eigenvalue weighted by Crippen LogP contribution is -2.48. The molecule has 2 amide bonds. The number of rotatable bonds is 4. The molecule has 1 aliphatic heterocycles. The summed E-state index contributed by atoms with van der Waals surface area (Å²) in [4.78, 5) is 17.5. The van der Waals surface area contributed by atoms with E-state index in [9.17, 15) is 26.9 Å². The average molecular weight is 461 g/mol. The van der Waals surface area contributed by atoms with Gasteiger partial charge >= 0.3 is 12.2 Å². The number of hydrogen-bond acceptors (Lipinski definition) is 4. The van der Waals surface area contributed by atoms with Crippen LogP contribution in [0.2, 0.25) is 0 Å². The maximum atomic E-state index is 13.2. The number of pyridine rings is 1. The number of urea groups is 1. The van der Waals surface area contributed by atoms with Gasteiger partial charge in [0, 0.05) is 43.3 Å². The van der Waals surface area contributed by atoms with Crippen molar-refractivity contribution in [2.24, 2.45) is 13.0 Å². The Kier molecular flexibility index (Phi) is 6.51. The molecule has 2 aromatic rings. The van der Waals surface area contributed by atoms with Gasteiger partial charge < -0.3 is 14.8 Å². The first kappa shape index (κ1) is 23.3. The molecule has 1 atom stereocenters. The van der Waals surface area contributed by atoms with Gasteiger partial charge in [-0.3, -0.25) is 0 Å². The first-order valence-electron chi connectivity index (χ1n) is 9.60. The molecule has 0 spiro atoms. The summed E-state index contributed by atoms with van der Waals surface area (Å²) < 4.78 is 65.1. The fraction of sp³-hybridized carbons (Fsp3) is 0.526. The van der Waals surface area contributed by atoms with Crippen LogP contribution in [0.5, 0.6) is 0 Å². The highest BCUT2D eigenvalue weighted by Crippen LogP contribution is 2.39. The molecule has 12 heteroatoms. The van der Waals surface area contributed by atoms with Crippen LogP contribution in [0.25, 0.3) is 0 Å². The van der Waals surface area contributed by atoms with E-state index in [0.29, 0.717) is 31.6 Å². The highest BCUT2D eigenvalue weighted by Gasteiger charge is 2.46. The highest BCUT2D eigenvalue weighted by atomic mass is 32.2. The van der Waals surface area contributed by atoms with Crippen molar-refractivity contribution in [2.45, 2.75) is 42.6 Å². The molecule has 170 valence electrons. The zero-order valence-corrected chi connectivity index (χ0v) is 18.1. The summed E-state index contributed by atoms with van der Waals surface area (Å²) in [6.45, 7) is 4.30. The molecule has 0 radical (unpaired) electrons. The number of nitrogens with zero attached hydrogens (tertiary/aromatic N) is 4. The predicted molar refractivity (Wildman–Crippen MR) is 106 cm³/mol. The summed E-state index contributed by atoms with van der Waals surface area (Å²) in [6, 6.07) is 3.02. The Bertz CT molecular complexity index is 924. The number of carbonyl (C=O) groups excluding carboxylic acids is 1. The number of halogens is 4. The minimum Gasteiger partial charge on any atom is -0.610 e. The molecule has 2 aromatic heterocycles. The molecule has 7 nitrogen and oxygen atoms in total. The van der Waals surface area contributed by atoms with E-state index in [0.717, 1.165) is 16.8 Å². The van der Waals surface area contributed by atoms with Crippen LogP contribution in [0.1, 0.15) is 32.4 Å². The first-order chi connectivity index (χ1) is 14.4. The van der Waals surface area contributed by atoms with Gasteiger partial charge in [-0.15, -0.1) is 0 Å². The van der Waals surface area contributed by atoms with Crippen molar-refractivity contribution >= 4 is 22.9 Å². The third kappa shape index (κ3) is 5.12. The van der Waals surface area contributed by atoms with Gasteiger partial charge in [0.15, 0.2) is 5.69 Å². The zero-order chi connectivity index (χ0) is 23.0. The van der Waals surface area contributed by atoms with Crippen molar-refractivity contribution < 1.29 is 26.9 Å². The number of carbonyl (C=O) groups is 1. The van der Waals surface area contributed by atoms with Gasteiger partial charge in [0.25, 0.3) is 0 Å². The average Bonchev–Trinajstić information content (AvgIpc) is 3.11. The lowest BCUT2D eigenvalue weighted by molar-refractivity contribution is -0.141. The lowest BCUT2D eigenvalue weighted by Gasteiger charge is -2.40. The summed E-state index contributed by atoms with van der Waals surface area (Å²) in [5.74, 6) is -0.723. The molecule has 0 aromatic carbocycles. The Balaban J connectivity index is 1.63. The van der Waals surface area contributed by atoms with Crippen LogP contribution in [0.15, 0.2) is 29.4 Å². The largest absolute Gasteiger partial charge is 0.610 e. The van der Waals surface area contributed by atoms with E-state index in [4.69, 9.17) is 0 Å². The first-order valence-corrected chi connectivity index (χ1v) is 10.7. The number of alkyl halides is 3. The van der Waals surface area contributed by atoms with Crippen molar-refractivity contribution in [2.75, 3.05) is 18.4 Å². The summed E-state index contributed by atoms with van der Waals surface area (Å²) in [6.07, 6.45) is -2.31. The SMILES string of the molecule is Cn1nc(C(F)(F)F)cc1[S+]([O-])C(C)(C)C1CCN(C(=O)Nc2ccc(F)nc2)CC1. The second-order valence-electron chi connectivity index (χ2n) is 7.92. The molecule has 3 heterocycles. The number of likely N-dealkylation sites (tertiary alicyclic amines) is 1. The van der Waals surface area contributed by atoms with Gasteiger partial charge in [0.05, 0.1) is 11.9 Å². The third-order valence-corrected chi connectivity index (χ3v) is 7.59. The number of aryl methyl sites for hydroxylation is 1. The maximum Gasteiger partial charge on any atom is 0.435 e. The van der Waals surface area contributed by atoms with E-state index in [1.54, 1.807) is 18.7 Å². The predicted octanol–water partition coefficient (Wildman–Crippen LogP) is 3.80. The number of piperidine rings is 1. The number of nitrogens with one attached hydrogen (secondary N) is 1. The quantitative estimate of drug-likeness (QED) is 0.426. The summed E-state index contributed by atoms with van der Waals surface area (Å²) >= 11 is -1.73. The Morgan fingerprint density at radius 1 is 1.26 bits per heavy atom. The Hall–Kier alpha value is -2.34. The molecule has 1 unspecified atom stereocenters. The molecule has 1 N–H and O–H groups in total. The fourth-order valence-corrected chi connectivity index (χ4v) is 5.19. The van der Waals surface area contributed by atoms with Gasteiger partial charge in [0.2, 0.25) is 11.0 Å². The van der Waals surface area contributed by atoms with E-state index in [1.165, 1.54) is 19.3 Å². The molecule has 1 fully saturated rings. The minimum atomic E-state index is -4.61. The van der Waals surface area contributed by atoms with Gasteiger partial charge in [-0.05, 0) is 38.8 Å². The van der Waals surface area contributed by atoms with Crippen LogP contribution in [-0.4, -0.2) is 48.1 Å². The second kappa shape index (κ2) is 8.65. The topological polar surface area (TPSA) is 86.1 Å². The molecule has 31 heavy (non-hydrogen) atoms. The Morgan fingerprint density at radius 3 is 2.42 bits per heavy atom. The minimum absolute atomic E-state index is 0.0151. The van der Waals surface area contributed by atoms with Crippen LogP contribution in [-0.2, 0) is 24.4 Å². The van der Waals surface area contributed by atoms with Gasteiger partial charge in [-0.25, -0.2) is 14.5 Å². The molecule has 1 saturated heterocycles. The standard InChI is InChI=1S/C19H23F4N5O2S/c1-18(2,31(30)16-10-14(19(21,22)23)26-27(16)3)12-6-8-28(9-7-12)17(29)25-13-4-5-15(20)24-11-13/h4-5,10-12H,6-9H2,1-3H3,(H,25,29). The van der Waals surface area contributed by atoms with E-state index in [2.05, 4.69) is 15.4 Å². The number of aromatic nitrogens is 3.